The number of aliphatic hydroxyl groups excluding tert-OH is 1. The molecule has 8 heteroatoms. The molecule has 160 valence electrons. The first-order valence-electron chi connectivity index (χ1n) is 10.2. The Labute approximate surface area is 177 Å². The van der Waals surface area contributed by atoms with E-state index >= 15 is 0 Å². The molecule has 1 atom stereocenters. The Kier molecular flexibility index (Phi) is 8.67. The average molecular weight is 421 g/mol. The van der Waals surface area contributed by atoms with Crippen LogP contribution in [0.1, 0.15) is 18.3 Å². The van der Waals surface area contributed by atoms with Crippen molar-refractivity contribution in [1.82, 2.24) is 19.8 Å². The van der Waals surface area contributed by atoms with Gasteiger partial charge in [0.1, 0.15) is 18.5 Å². The maximum atomic E-state index is 10.3. The van der Waals surface area contributed by atoms with Crippen molar-refractivity contribution >= 4 is 11.8 Å². The normalized spacial score (nSPS) is 16.0. The predicted molar refractivity (Wildman–Crippen MR) is 117 cm³/mol. The summed E-state index contributed by atoms with van der Waals surface area (Å²) in [5, 5.41) is 13.7. The Morgan fingerprint density at radius 3 is 2.83 bits per heavy atom. The topological polar surface area (TPSA) is 71.8 Å². The highest BCUT2D eigenvalue weighted by atomic mass is 32.2. The van der Waals surface area contributed by atoms with Gasteiger partial charge in [0.25, 0.3) is 0 Å². The second kappa shape index (κ2) is 11.4. The standard InChI is InChI=1S/C21H32N4O3S/c1-3-25-7-6-23-21(25)14-22-13-17-4-5-19(20(12-17)27-2)28-16-18(26)15-24-8-10-29-11-9-24/h4-7,12,18,22,26H,3,8-11,13-16H2,1-2H3/t18-/m1/s1. The Bertz CT molecular complexity index is 749. The molecule has 1 aliphatic rings. The summed E-state index contributed by atoms with van der Waals surface area (Å²) in [5.41, 5.74) is 1.11. The van der Waals surface area contributed by atoms with E-state index in [1.165, 1.54) is 0 Å². The number of methoxy groups -OCH3 is 1. The summed E-state index contributed by atoms with van der Waals surface area (Å²) in [4.78, 5) is 6.67. The highest BCUT2D eigenvalue weighted by Gasteiger charge is 2.16. The fraction of sp³-hybridized carbons (Fsp3) is 0.571. The lowest BCUT2D eigenvalue weighted by molar-refractivity contribution is 0.0705. The van der Waals surface area contributed by atoms with Crippen LogP contribution in [0.3, 0.4) is 0 Å². The molecule has 3 rings (SSSR count). The van der Waals surface area contributed by atoms with E-state index in [1.807, 2.05) is 42.4 Å². The summed E-state index contributed by atoms with van der Waals surface area (Å²) in [7, 11) is 1.64. The maximum absolute atomic E-state index is 10.3. The summed E-state index contributed by atoms with van der Waals surface area (Å²) in [6.07, 6.45) is 3.31. The molecule has 7 nitrogen and oxygen atoms in total. The van der Waals surface area contributed by atoms with Crippen LogP contribution < -0.4 is 14.8 Å². The third kappa shape index (κ3) is 6.64. The molecule has 0 saturated carbocycles. The SMILES string of the molecule is CCn1ccnc1CNCc1ccc(OC[C@H](O)CN2CCSCC2)c(OC)c1. The minimum atomic E-state index is -0.508. The minimum Gasteiger partial charge on any atom is -0.493 e. The van der Waals surface area contributed by atoms with Crippen LogP contribution >= 0.6 is 11.8 Å². The van der Waals surface area contributed by atoms with Gasteiger partial charge in [-0.05, 0) is 24.6 Å². The third-order valence-electron chi connectivity index (χ3n) is 4.99. The van der Waals surface area contributed by atoms with Crippen molar-refractivity contribution in [2.24, 2.45) is 0 Å². The fourth-order valence-electron chi connectivity index (χ4n) is 3.38. The summed E-state index contributed by atoms with van der Waals surface area (Å²) in [6.45, 7) is 7.42. The molecule has 0 amide bonds. The molecule has 0 aliphatic carbocycles. The first-order chi connectivity index (χ1) is 14.2. The molecule has 2 N–H and O–H groups in total. The van der Waals surface area contributed by atoms with Gasteiger partial charge in [-0.25, -0.2) is 4.98 Å². The van der Waals surface area contributed by atoms with E-state index in [-0.39, 0.29) is 6.61 Å². The molecule has 2 aromatic rings. The molecule has 0 spiro atoms. The quantitative estimate of drug-likeness (QED) is 0.576. The van der Waals surface area contributed by atoms with Crippen LogP contribution in [-0.4, -0.2) is 70.5 Å². The van der Waals surface area contributed by atoms with Crippen molar-refractivity contribution in [3.8, 4) is 11.5 Å². The van der Waals surface area contributed by atoms with E-state index in [2.05, 4.69) is 26.7 Å². The van der Waals surface area contributed by atoms with Crippen molar-refractivity contribution < 1.29 is 14.6 Å². The van der Waals surface area contributed by atoms with Gasteiger partial charge < -0.3 is 24.5 Å². The third-order valence-corrected chi connectivity index (χ3v) is 5.93. The molecule has 1 aromatic carbocycles. The van der Waals surface area contributed by atoms with Gasteiger partial charge in [0, 0.05) is 56.6 Å². The molecule has 1 saturated heterocycles. The van der Waals surface area contributed by atoms with Crippen molar-refractivity contribution in [1.29, 1.82) is 0 Å². The lowest BCUT2D eigenvalue weighted by atomic mass is 10.2. The van der Waals surface area contributed by atoms with Crippen LogP contribution in [0.5, 0.6) is 11.5 Å². The van der Waals surface area contributed by atoms with E-state index in [0.29, 0.717) is 31.1 Å². The van der Waals surface area contributed by atoms with Crippen LogP contribution in [0, 0.1) is 0 Å². The number of β-amino-alcohol motifs (C(OH)–C–C–N with tert-alkyl or cyclic N) is 1. The number of aryl methyl sites for hydroxylation is 1. The van der Waals surface area contributed by atoms with Gasteiger partial charge in [0.15, 0.2) is 11.5 Å². The van der Waals surface area contributed by atoms with E-state index < -0.39 is 6.10 Å². The highest BCUT2D eigenvalue weighted by Crippen LogP contribution is 2.28. The molecule has 1 aliphatic heterocycles. The van der Waals surface area contributed by atoms with Crippen LogP contribution in [0.2, 0.25) is 0 Å². The molecule has 29 heavy (non-hydrogen) atoms. The lowest BCUT2D eigenvalue weighted by Crippen LogP contribution is -2.40. The minimum absolute atomic E-state index is 0.261. The molecule has 0 bridgehead atoms. The largest absolute Gasteiger partial charge is 0.493 e. The van der Waals surface area contributed by atoms with E-state index in [1.54, 1.807) is 7.11 Å². The molecular weight excluding hydrogens is 388 g/mol. The van der Waals surface area contributed by atoms with Crippen LogP contribution in [0.25, 0.3) is 0 Å². The first-order valence-corrected chi connectivity index (χ1v) is 11.3. The molecular formula is C21H32N4O3S. The number of thioether (sulfide) groups is 1. The monoisotopic (exact) mass is 420 g/mol. The van der Waals surface area contributed by atoms with Crippen LogP contribution in [0.4, 0.5) is 0 Å². The van der Waals surface area contributed by atoms with Crippen molar-refractivity contribution in [2.45, 2.75) is 32.7 Å². The molecule has 1 fully saturated rings. The van der Waals surface area contributed by atoms with E-state index in [9.17, 15) is 5.11 Å². The number of hydrogen-bond acceptors (Lipinski definition) is 7. The van der Waals surface area contributed by atoms with Gasteiger partial charge in [-0.15, -0.1) is 0 Å². The fourth-order valence-corrected chi connectivity index (χ4v) is 4.35. The molecule has 0 radical (unpaired) electrons. The van der Waals surface area contributed by atoms with Crippen LogP contribution in [-0.2, 0) is 19.6 Å². The zero-order valence-electron chi connectivity index (χ0n) is 17.3. The van der Waals surface area contributed by atoms with Gasteiger partial charge in [-0.2, -0.15) is 11.8 Å². The van der Waals surface area contributed by atoms with Crippen molar-refractivity contribution in [3.63, 3.8) is 0 Å². The number of imidazole rings is 1. The van der Waals surface area contributed by atoms with Gasteiger partial charge >= 0.3 is 0 Å². The summed E-state index contributed by atoms with van der Waals surface area (Å²) < 4.78 is 13.5. The summed E-state index contributed by atoms with van der Waals surface area (Å²) >= 11 is 1.97. The summed E-state index contributed by atoms with van der Waals surface area (Å²) in [5.74, 6) is 4.64. The number of ether oxygens (including phenoxy) is 2. The Balaban J connectivity index is 1.47. The number of rotatable bonds is 11. The zero-order valence-corrected chi connectivity index (χ0v) is 18.2. The zero-order chi connectivity index (χ0) is 20.5. The maximum Gasteiger partial charge on any atom is 0.161 e. The smallest absolute Gasteiger partial charge is 0.161 e. The van der Waals surface area contributed by atoms with Gasteiger partial charge in [-0.1, -0.05) is 6.07 Å². The number of aromatic nitrogens is 2. The first kappa shape index (κ1) is 22.0. The lowest BCUT2D eigenvalue weighted by Gasteiger charge is -2.28. The average Bonchev–Trinajstić information content (AvgIpc) is 3.21. The molecule has 2 heterocycles. The Morgan fingerprint density at radius 2 is 2.07 bits per heavy atom. The second-order valence-electron chi connectivity index (χ2n) is 7.10. The second-order valence-corrected chi connectivity index (χ2v) is 8.32. The Hall–Kier alpha value is -1.74. The number of nitrogens with one attached hydrogen (secondary N) is 1. The number of aliphatic hydroxyl groups is 1. The van der Waals surface area contributed by atoms with Crippen LogP contribution in [0.15, 0.2) is 30.6 Å². The van der Waals surface area contributed by atoms with E-state index in [0.717, 1.165) is 42.5 Å². The highest BCUT2D eigenvalue weighted by molar-refractivity contribution is 7.99. The van der Waals surface area contributed by atoms with E-state index in [4.69, 9.17) is 9.47 Å². The predicted octanol–water partition coefficient (Wildman–Crippen LogP) is 1.99. The summed E-state index contributed by atoms with van der Waals surface area (Å²) in [6, 6.07) is 5.90. The Morgan fingerprint density at radius 1 is 1.24 bits per heavy atom. The van der Waals surface area contributed by atoms with Gasteiger partial charge in [0.05, 0.1) is 13.7 Å². The van der Waals surface area contributed by atoms with Gasteiger partial charge in [-0.3, -0.25) is 4.90 Å². The van der Waals surface area contributed by atoms with Crippen molar-refractivity contribution in [2.75, 3.05) is 44.9 Å². The van der Waals surface area contributed by atoms with Gasteiger partial charge in [0.2, 0.25) is 0 Å². The molecule has 1 aromatic heterocycles. The number of nitrogens with zero attached hydrogens (tertiary/aromatic N) is 3. The van der Waals surface area contributed by atoms with Crippen molar-refractivity contribution in [3.05, 3.63) is 42.0 Å². The number of hydrogen-bond donors (Lipinski definition) is 2. The molecule has 0 unspecified atom stereocenters. The number of benzene rings is 1.